The van der Waals surface area contributed by atoms with Crippen molar-refractivity contribution >= 4 is 23.2 Å². The number of hydrogen-bond donors (Lipinski definition) is 0. The Labute approximate surface area is 112 Å². The van der Waals surface area contributed by atoms with Crippen molar-refractivity contribution in [1.29, 1.82) is 0 Å². The minimum Gasteiger partial charge on any atom is -0.371 e. The van der Waals surface area contributed by atoms with Crippen molar-refractivity contribution in [2.24, 2.45) is 0 Å². The highest BCUT2D eigenvalue weighted by atomic mass is 35.5. The van der Waals surface area contributed by atoms with E-state index in [9.17, 15) is 13.2 Å². The van der Waals surface area contributed by atoms with Crippen molar-refractivity contribution in [3.8, 4) is 0 Å². The monoisotopic (exact) mass is 300 g/mol. The number of benzene rings is 1. The van der Waals surface area contributed by atoms with E-state index in [1.165, 1.54) is 12.1 Å². The van der Waals surface area contributed by atoms with Crippen molar-refractivity contribution in [3.63, 3.8) is 0 Å². The molecule has 0 saturated carbocycles. The van der Waals surface area contributed by atoms with Crippen LogP contribution in [0.4, 0.5) is 13.2 Å². The fourth-order valence-electron chi connectivity index (χ4n) is 1.42. The quantitative estimate of drug-likeness (QED) is 0.784. The van der Waals surface area contributed by atoms with Crippen molar-refractivity contribution in [2.45, 2.75) is 18.4 Å². The van der Waals surface area contributed by atoms with E-state index in [4.69, 9.17) is 32.7 Å². The van der Waals surface area contributed by atoms with Gasteiger partial charge in [0.15, 0.2) is 6.10 Å². The zero-order valence-corrected chi connectivity index (χ0v) is 10.5. The van der Waals surface area contributed by atoms with Gasteiger partial charge in [-0.05, 0) is 17.7 Å². The molecule has 0 spiro atoms. The van der Waals surface area contributed by atoms with E-state index in [0.29, 0.717) is 6.61 Å². The second-order valence-corrected chi connectivity index (χ2v) is 4.70. The first-order chi connectivity index (χ1) is 8.38. The molecule has 0 aliphatic carbocycles. The van der Waals surface area contributed by atoms with Gasteiger partial charge >= 0.3 is 6.18 Å². The zero-order chi connectivity index (χ0) is 13.3. The molecule has 2 rings (SSSR count). The van der Waals surface area contributed by atoms with E-state index in [2.05, 4.69) is 0 Å². The summed E-state index contributed by atoms with van der Waals surface area (Å²) in [6.45, 7) is 0.344. The van der Waals surface area contributed by atoms with Crippen LogP contribution in [0.1, 0.15) is 11.7 Å². The van der Waals surface area contributed by atoms with Gasteiger partial charge in [-0.3, -0.25) is 0 Å². The predicted octanol–water partition coefficient (Wildman–Crippen LogP) is 4.01. The van der Waals surface area contributed by atoms with Gasteiger partial charge in [0.05, 0.1) is 23.3 Å². The molecule has 0 N–H and O–H groups in total. The van der Waals surface area contributed by atoms with Gasteiger partial charge in [-0.2, -0.15) is 13.2 Å². The molecule has 1 heterocycles. The largest absolute Gasteiger partial charge is 0.418 e. The van der Waals surface area contributed by atoms with E-state index in [0.717, 1.165) is 6.07 Å². The number of halogens is 5. The smallest absolute Gasteiger partial charge is 0.371 e. The minimum absolute atomic E-state index is 0.0645. The molecule has 1 aromatic carbocycles. The Hall–Kier alpha value is -0.490. The number of rotatable bonds is 4. The summed E-state index contributed by atoms with van der Waals surface area (Å²) in [4.78, 5) is 0. The maximum absolute atomic E-state index is 12.9. The average Bonchev–Trinajstić information content (AvgIpc) is 3.05. The van der Waals surface area contributed by atoms with Gasteiger partial charge in [0.1, 0.15) is 6.10 Å². The van der Waals surface area contributed by atoms with E-state index in [-0.39, 0.29) is 28.3 Å². The third-order valence-corrected chi connectivity index (χ3v) is 3.13. The summed E-state index contributed by atoms with van der Waals surface area (Å²) in [6, 6.07) is 3.73. The van der Waals surface area contributed by atoms with Gasteiger partial charge in [-0.25, -0.2) is 0 Å². The third-order valence-electron chi connectivity index (χ3n) is 2.39. The van der Waals surface area contributed by atoms with Crippen LogP contribution in [0.5, 0.6) is 0 Å². The van der Waals surface area contributed by atoms with Gasteiger partial charge in [0.2, 0.25) is 0 Å². The first-order valence-corrected chi connectivity index (χ1v) is 5.88. The topological polar surface area (TPSA) is 21.8 Å². The zero-order valence-electron chi connectivity index (χ0n) is 9.01. The Morgan fingerprint density at radius 2 is 2.00 bits per heavy atom. The lowest BCUT2D eigenvalue weighted by atomic mass is 10.1. The van der Waals surface area contributed by atoms with Crippen LogP contribution in [0.2, 0.25) is 10.0 Å². The fourth-order valence-corrected chi connectivity index (χ4v) is 1.73. The Bertz CT molecular complexity index is 433. The summed E-state index contributed by atoms with van der Waals surface area (Å²) in [5.74, 6) is 0. The molecule has 0 unspecified atom stereocenters. The Kier molecular flexibility index (Phi) is 4.06. The van der Waals surface area contributed by atoms with Crippen molar-refractivity contribution < 1.29 is 22.6 Å². The van der Waals surface area contributed by atoms with Crippen molar-refractivity contribution in [1.82, 2.24) is 0 Å². The lowest BCUT2D eigenvalue weighted by Gasteiger charge is -2.21. The summed E-state index contributed by atoms with van der Waals surface area (Å²) in [7, 11) is 0. The number of ether oxygens (including phenoxy) is 2. The van der Waals surface area contributed by atoms with Crippen LogP contribution in [0.15, 0.2) is 18.2 Å². The van der Waals surface area contributed by atoms with Crippen molar-refractivity contribution in [3.05, 3.63) is 33.8 Å². The lowest BCUT2D eigenvalue weighted by Crippen LogP contribution is -2.25. The predicted molar refractivity (Wildman–Crippen MR) is 61.0 cm³/mol. The molecular weight excluding hydrogens is 292 g/mol. The summed E-state index contributed by atoms with van der Waals surface area (Å²) in [5.41, 5.74) is -0.0717. The maximum Gasteiger partial charge on any atom is 0.418 e. The highest BCUT2D eigenvalue weighted by Crippen LogP contribution is 2.38. The normalized spacial score (nSPS) is 20.8. The maximum atomic E-state index is 12.9. The van der Waals surface area contributed by atoms with Crippen LogP contribution in [0.3, 0.4) is 0 Å². The molecule has 0 amide bonds. The minimum atomic E-state index is -4.51. The summed E-state index contributed by atoms with van der Waals surface area (Å²) in [6.07, 6.45) is -6.76. The summed E-state index contributed by atoms with van der Waals surface area (Å²) in [5, 5.41) is 0.265. The van der Waals surface area contributed by atoms with Crippen LogP contribution < -0.4 is 0 Å². The highest BCUT2D eigenvalue weighted by molar-refractivity contribution is 6.42. The number of alkyl halides is 3. The SMILES string of the molecule is FC(F)(F)[C@@H](OC[C@@H]1CO1)c1ccc(Cl)c(Cl)c1. The standard InChI is InChI=1S/C11H9Cl2F3O2/c12-8-2-1-6(3-9(8)13)10(11(14,15)16)18-5-7-4-17-7/h1-3,7,10H,4-5H2/t7-,10-/m0/s1. The summed E-state index contributed by atoms with van der Waals surface area (Å²) >= 11 is 11.4. The first kappa shape index (κ1) is 13.9. The van der Waals surface area contributed by atoms with Crippen LogP contribution in [-0.4, -0.2) is 25.5 Å². The van der Waals surface area contributed by atoms with E-state index < -0.39 is 12.3 Å². The molecule has 1 aliphatic rings. The molecule has 1 saturated heterocycles. The van der Waals surface area contributed by atoms with Crippen LogP contribution in [-0.2, 0) is 9.47 Å². The highest BCUT2D eigenvalue weighted by Gasteiger charge is 2.43. The second-order valence-electron chi connectivity index (χ2n) is 3.88. The van der Waals surface area contributed by atoms with Crippen molar-refractivity contribution in [2.75, 3.05) is 13.2 Å². The molecule has 1 aromatic rings. The number of epoxide rings is 1. The lowest BCUT2D eigenvalue weighted by molar-refractivity contribution is -0.224. The third kappa shape index (κ3) is 3.51. The Morgan fingerprint density at radius 3 is 2.50 bits per heavy atom. The first-order valence-electron chi connectivity index (χ1n) is 5.13. The van der Waals surface area contributed by atoms with Gasteiger partial charge in [-0.1, -0.05) is 29.3 Å². The van der Waals surface area contributed by atoms with Crippen LogP contribution >= 0.6 is 23.2 Å². The van der Waals surface area contributed by atoms with Crippen LogP contribution in [0, 0.1) is 0 Å². The molecule has 18 heavy (non-hydrogen) atoms. The van der Waals surface area contributed by atoms with Gasteiger partial charge in [-0.15, -0.1) is 0 Å². The molecular formula is C11H9Cl2F3O2. The molecule has 2 nitrogen and oxygen atoms in total. The van der Waals surface area contributed by atoms with Gasteiger partial charge in [0.25, 0.3) is 0 Å². The second kappa shape index (κ2) is 5.25. The molecule has 0 radical (unpaired) electrons. The molecule has 100 valence electrons. The number of hydrogen-bond acceptors (Lipinski definition) is 2. The van der Waals surface area contributed by atoms with E-state index in [1.54, 1.807) is 0 Å². The molecule has 2 atom stereocenters. The van der Waals surface area contributed by atoms with E-state index >= 15 is 0 Å². The average molecular weight is 301 g/mol. The molecule has 7 heteroatoms. The molecule has 0 bridgehead atoms. The Balaban J connectivity index is 2.17. The molecule has 1 aliphatic heterocycles. The Morgan fingerprint density at radius 1 is 1.33 bits per heavy atom. The van der Waals surface area contributed by atoms with E-state index in [1.807, 2.05) is 0 Å². The molecule has 0 aromatic heterocycles. The van der Waals surface area contributed by atoms with Crippen LogP contribution in [0.25, 0.3) is 0 Å². The summed E-state index contributed by atoms with van der Waals surface area (Å²) < 4.78 is 48.3. The van der Waals surface area contributed by atoms with Gasteiger partial charge < -0.3 is 9.47 Å². The molecule has 1 fully saturated rings. The fraction of sp³-hybridized carbons (Fsp3) is 0.455. The van der Waals surface area contributed by atoms with Gasteiger partial charge in [0, 0.05) is 0 Å².